The first kappa shape index (κ1) is 16.2. The molecule has 1 amide bonds. The molecule has 120 valence electrons. The Hall–Kier alpha value is -3.16. The average Bonchev–Trinajstić information content (AvgIpc) is 2.50. The van der Waals surface area contributed by atoms with E-state index in [2.05, 4.69) is 10.3 Å². The lowest BCUT2D eigenvalue weighted by molar-refractivity contribution is -0.137. The normalized spacial score (nSPS) is 11.7. The van der Waals surface area contributed by atoms with Crippen molar-refractivity contribution in [2.45, 2.75) is 12.3 Å². The molecule has 0 unspecified atom stereocenters. The van der Waals surface area contributed by atoms with Gasteiger partial charge in [0.05, 0.1) is 6.42 Å². The number of hydrogen-bond acceptors (Lipinski definition) is 4. The Morgan fingerprint density at radius 1 is 1.13 bits per heavy atom. The average molecular weight is 317 g/mol. The Kier molecular flexibility index (Phi) is 5.08. The summed E-state index contributed by atoms with van der Waals surface area (Å²) < 4.78 is 0. The number of carboxylic acids is 1. The van der Waals surface area contributed by atoms with Crippen molar-refractivity contribution in [1.82, 2.24) is 15.3 Å². The molecule has 8 nitrogen and oxygen atoms in total. The lowest BCUT2D eigenvalue weighted by atomic mass is 9.95. The summed E-state index contributed by atoms with van der Waals surface area (Å²) >= 11 is 0. The van der Waals surface area contributed by atoms with Crippen LogP contribution in [0.1, 0.15) is 28.4 Å². The summed E-state index contributed by atoms with van der Waals surface area (Å²) in [5, 5.41) is 11.5. The third-order valence-electron chi connectivity index (χ3n) is 3.21. The number of aromatic amines is 2. The van der Waals surface area contributed by atoms with E-state index in [-0.39, 0.29) is 18.7 Å². The summed E-state index contributed by atoms with van der Waals surface area (Å²) in [5.74, 6) is -2.07. The second-order valence-electron chi connectivity index (χ2n) is 4.92. The molecule has 2 rings (SSSR count). The van der Waals surface area contributed by atoms with Crippen LogP contribution in [0.15, 0.2) is 46.0 Å². The van der Waals surface area contributed by atoms with Crippen molar-refractivity contribution in [2.24, 2.45) is 0 Å². The van der Waals surface area contributed by atoms with Crippen molar-refractivity contribution >= 4 is 11.9 Å². The van der Waals surface area contributed by atoms with Gasteiger partial charge in [-0.1, -0.05) is 30.3 Å². The maximum Gasteiger partial charge on any atom is 0.326 e. The van der Waals surface area contributed by atoms with E-state index >= 15 is 0 Å². The number of carboxylic acid groups (broad SMARTS) is 1. The van der Waals surface area contributed by atoms with Crippen LogP contribution in [0.3, 0.4) is 0 Å². The van der Waals surface area contributed by atoms with E-state index in [0.717, 1.165) is 11.6 Å². The quantitative estimate of drug-likeness (QED) is 0.597. The van der Waals surface area contributed by atoms with E-state index in [1.54, 1.807) is 30.3 Å². The van der Waals surface area contributed by atoms with Gasteiger partial charge in [-0.05, 0) is 5.56 Å². The van der Waals surface area contributed by atoms with Gasteiger partial charge in [-0.15, -0.1) is 0 Å². The molecule has 4 N–H and O–H groups in total. The van der Waals surface area contributed by atoms with Gasteiger partial charge >= 0.3 is 11.7 Å². The molecular weight excluding hydrogens is 302 g/mol. The molecular formula is C15H15N3O5. The Morgan fingerprint density at radius 2 is 1.83 bits per heavy atom. The maximum atomic E-state index is 12.0. The maximum absolute atomic E-state index is 12.0. The summed E-state index contributed by atoms with van der Waals surface area (Å²) in [4.78, 5) is 49.5. The number of H-pyrrole nitrogens is 2. The van der Waals surface area contributed by atoms with Gasteiger partial charge in [-0.2, -0.15) is 0 Å². The topological polar surface area (TPSA) is 132 Å². The number of carbonyl (C=O) groups excluding carboxylic acids is 1. The number of rotatable bonds is 6. The van der Waals surface area contributed by atoms with Crippen molar-refractivity contribution in [1.29, 1.82) is 0 Å². The number of benzene rings is 1. The second kappa shape index (κ2) is 7.21. The molecule has 0 radical (unpaired) electrons. The fourth-order valence-electron chi connectivity index (χ4n) is 2.15. The first-order valence-electron chi connectivity index (χ1n) is 6.84. The first-order valence-corrected chi connectivity index (χ1v) is 6.84. The van der Waals surface area contributed by atoms with Crippen LogP contribution in [0.4, 0.5) is 0 Å². The van der Waals surface area contributed by atoms with E-state index < -0.39 is 29.0 Å². The van der Waals surface area contributed by atoms with Gasteiger partial charge in [0.15, 0.2) is 0 Å². The summed E-state index contributed by atoms with van der Waals surface area (Å²) in [6.45, 7) is 0.0595. The highest BCUT2D eigenvalue weighted by atomic mass is 16.4. The van der Waals surface area contributed by atoms with E-state index in [4.69, 9.17) is 5.11 Å². The van der Waals surface area contributed by atoms with E-state index in [9.17, 15) is 19.2 Å². The number of hydrogen-bond donors (Lipinski definition) is 4. The summed E-state index contributed by atoms with van der Waals surface area (Å²) in [7, 11) is 0. The Balaban J connectivity index is 2.11. The van der Waals surface area contributed by atoms with Crippen LogP contribution in [0.25, 0.3) is 0 Å². The van der Waals surface area contributed by atoms with Crippen LogP contribution < -0.4 is 16.6 Å². The van der Waals surface area contributed by atoms with Crippen molar-refractivity contribution in [3.05, 3.63) is 68.5 Å². The van der Waals surface area contributed by atoms with Gasteiger partial charge in [-0.25, -0.2) is 4.79 Å². The van der Waals surface area contributed by atoms with Gasteiger partial charge in [0.25, 0.3) is 11.5 Å². The summed E-state index contributed by atoms with van der Waals surface area (Å²) in [6, 6.07) is 9.87. The molecule has 1 aromatic heterocycles. The standard InChI is InChI=1S/C15H15N3O5/c19-12-7-11(17-15(23)18-12)14(22)16-8-10(6-13(20)21)9-4-2-1-3-5-9/h1-5,7,10H,6,8H2,(H,16,22)(H,20,21)(H2,17,18,19,23)/t10-/m0/s1. The van der Waals surface area contributed by atoms with Crippen LogP contribution in [0.5, 0.6) is 0 Å². The minimum absolute atomic E-state index is 0.0595. The van der Waals surface area contributed by atoms with Gasteiger partial charge in [0, 0.05) is 18.5 Å². The van der Waals surface area contributed by atoms with Crippen LogP contribution in [0, 0.1) is 0 Å². The smallest absolute Gasteiger partial charge is 0.326 e. The Bertz CT molecular complexity index is 781. The molecule has 0 spiro atoms. The van der Waals surface area contributed by atoms with Crippen molar-refractivity contribution in [3.8, 4) is 0 Å². The highest BCUT2D eigenvalue weighted by Gasteiger charge is 2.17. The zero-order chi connectivity index (χ0) is 16.8. The fraction of sp³-hybridized carbons (Fsp3) is 0.200. The molecule has 0 aliphatic rings. The van der Waals surface area contributed by atoms with E-state index in [1.165, 1.54) is 0 Å². The summed E-state index contributed by atoms with van der Waals surface area (Å²) in [5.41, 5.74) is -0.882. The number of aromatic nitrogens is 2. The lowest BCUT2D eigenvalue weighted by Crippen LogP contribution is -2.33. The number of nitrogens with one attached hydrogen (secondary N) is 3. The molecule has 0 aliphatic heterocycles. The molecule has 0 aliphatic carbocycles. The van der Waals surface area contributed by atoms with Gasteiger partial charge in [-0.3, -0.25) is 19.4 Å². The lowest BCUT2D eigenvalue weighted by Gasteiger charge is -2.16. The second-order valence-corrected chi connectivity index (χ2v) is 4.92. The van der Waals surface area contributed by atoms with E-state index in [0.29, 0.717) is 0 Å². The van der Waals surface area contributed by atoms with E-state index in [1.807, 2.05) is 4.98 Å². The van der Waals surface area contributed by atoms with Crippen LogP contribution >= 0.6 is 0 Å². The Labute approximate surface area is 130 Å². The third kappa shape index (κ3) is 4.67. The van der Waals surface area contributed by atoms with Crippen molar-refractivity contribution in [3.63, 3.8) is 0 Å². The predicted molar refractivity (Wildman–Crippen MR) is 81.5 cm³/mol. The van der Waals surface area contributed by atoms with Crippen molar-refractivity contribution in [2.75, 3.05) is 6.54 Å². The number of aliphatic carboxylic acids is 1. The third-order valence-corrected chi connectivity index (χ3v) is 3.21. The molecule has 0 saturated heterocycles. The van der Waals surface area contributed by atoms with Crippen molar-refractivity contribution < 1.29 is 14.7 Å². The number of amides is 1. The van der Waals surface area contributed by atoms with Gasteiger partial charge < -0.3 is 15.4 Å². The van der Waals surface area contributed by atoms with Crippen LogP contribution in [-0.4, -0.2) is 33.5 Å². The molecule has 0 fully saturated rings. The monoisotopic (exact) mass is 317 g/mol. The molecule has 0 saturated carbocycles. The fourth-order valence-corrected chi connectivity index (χ4v) is 2.15. The minimum Gasteiger partial charge on any atom is -0.481 e. The van der Waals surface area contributed by atoms with Gasteiger partial charge in [0.1, 0.15) is 5.69 Å². The molecule has 0 bridgehead atoms. The van der Waals surface area contributed by atoms with Gasteiger partial charge in [0.2, 0.25) is 0 Å². The minimum atomic E-state index is -0.988. The number of carbonyl (C=O) groups is 2. The molecule has 1 atom stereocenters. The molecule has 23 heavy (non-hydrogen) atoms. The zero-order valence-electron chi connectivity index (χ0n) is 12.0. The van der Waals surface area contributed by atoms with Crippen LogP contribution in [0.2, 0.25) is 0 Å². The highest BCUT2D eigenvalue weighted by Crippen LogP contribution is 2.18. The molecule has 1 aromatic carbocycles. The summed E-state index contributed by atoms with van der Waals surface area (Å²) in [6.07, 6.45) is -0.157. The largest absolute Gasteiger partial charge is 0.481 e. The molecule has 1 heterocycles. The predicted octanol–water partition coefficient (Wildman–Crippen LogP) is 0.0515. The highest BCUT2D eigenvalue weighted by molar-refractivity contribution is 5.92. The SMILES string of the molecule is O=C(O)C[C@@H](CNC(=O)c1cc(=O)[nH]c(=O)[nH]1)c1ccccc1. The first-order chi connectivity index (χ1) is 11.0. The molecule has 2 aromatic rings. The Morgan fingerprint density at radius 3 is 2.43 bits per heavy atom. The van der Waals surface area contributed by atoms with Crippen LogP contribution in [-0.2, 0) is 4.79 Å². The molecule has 8 heteroatoms. The zero-order valence-corrected chi connectivity index (χ0v) is 12.0.